The highest BCUT2D eigenvalue weighted by molar-refractivity contribution is 6.33. The highest BCUT2D eigenvalue weighted by Gasteiger charge is 2.08. The van der Waals surface area contributed by atoms with Crippen LogP contribution in [-0.4, -0.2) is 26.6 Å². The van der Waals surface area contributed by atoms with Crippen molar-refractivity contribution >= 4 is 51.6 Å². The zero-order valence-electron chi connectivity index (χ0n) is 21.2. The molecule has 0 aliphatic rings. The molecule has 3 N–H and O–H groups in total. The third kappa shape index (κ3) is 7.34. The van der Waals surface area contributed by atoms with Crippen LogP contribution in [0.1, 0.15) is 25.3 Å². The average Bonchev–Trinajstić information content (AvgIpc) is 2.89. The van der Waals surface area contributed by atoms with Gasteiger partial charge < -0.3 is 16.0 Å². The molecule has 4 aromatic rings. The summed E-state index contributed by atoms with van der Waals surface area (Å²) in [5.74, 6) is 0.489. The van der Waals surface area contributed by atoms with Gasteiger partial charge in [-0.1, -0.05) is 49.2 Å². The maximum atomic E-state index is 11.6. The second-order valence-electron chi connectivity index (χ2n) is 8.47. The second kappa shape index (κ2) is 12.4. The predicted molar refractivity (Wildman–Crippen MR) is 152 cm³/mol. The van der Waals surface area contributed by atoms with Gasteiger partial charge in [0.1, 0.15) is 5.02 Å². The Balaban J connectivity index is 0.000000206. The van der Waals surface area contributed by atoms with Crippen molar-refractivity contribution in [2.24, 2.45) is 14.1 Å². The van der Waals surface area contributed by atoms with Crippen LogP contribution in [0, 0.1) is 0 Å². The zero-order chi connectivity index (χ0) is 27.1. The van der Waals surface area contributed by atoms with Crippen molar-refractivity contribution in [1.82, 2.24) is 19.6 Å². The molecular formula is C26H29Cl2N7O2. The summed E-state index contributed by atoms with van der Waals surface area (Å²) < 4.78 is 2.40. The van der Waals surface area contributed by atoms with Crippen molar-refractivity contribution < 1.29 is 0 Å². The molecule has 2 aromatic carbocycles. The number of aryl methyl sites for hydroxylation is 2. The van der Waals surface area contributed by atoms with Gasteiger partial charge in [-0.15, -0.1) is 0 Å². The molecule has 0 unspecified atom stereocenters. The highest BCUT2D eigenvalue weighted by Crippen LogP contribution is 2.24. The number of anilines is 5. The van der Waals surface area contributed by atoms with Gasteiger partial charge in [0.2, 0.25) is 0 Å². The molecule has 4 rings (SSSR count). The zero-order valence-corrected chi connectivity index (χ0v) is 22.7. The molecule has 2 aromatic heterocycles. The Morgan fingerprint density at radius 1 is 0.811 bits per heavy atom. The summed E-state index contributed by atoms with van der Waals surface area (Å²) in [5, 5.41) is 17.4. The molecule has 0 fully saturated rings. The smallest absolute Gasteiger partial charge is 0.287 e. The van der Waals surface area contributed by atoms with E-state index in [1.807, 2.05) is 43.4 Å². The van der Waals surface area contributed by atoms with Crippen molar-refractivity contribution in [1.29, 1.82) is 0 Å². The summed E-state index contributed by atoms with van der Waals surface area (Å²) in [5.41, 5.74) is 4.47. The van der Waals surface area contributed by atoms with Gasteiger partial charge in [0.15, 0.2) is 5.15 Å². The van der Waals surface area contributed by atoms with Crippen LogP contribution in [0.5, 0.6) is 0 Å². The van der Waals surface area contributed by atoms with E-state index < -0.39 is 0 Å². The van der Waals surface area contributed by atoms with E-state index in [2.05, 4.69) is 52.1 Å². The minimum Gasteiger partial charge on any atom is -0.388 e. The predicted octanol–water partition coefficient (Wildman–Crippen LogP) is 5.52. The van der Waals surface area contributed by atoms with Crippen molar-refractivity contribution in [3.8, 4) is 0 Å². The van der Waals surface area contributed by atoms with Crippen LogP contribution in [0.2, 0.25) is 10.2 Å². The molecule has 0 radical (unpaired) electrons. The van der Waals surface area contributed by atoms with Gasteiger partial charge in [0, 0.05) is 44.3 Å². The first kappa shape index (κ1) is 27.8. The average molecular weight is 542 g/mol. The van der Waals surface area contributed by atoms with E-state index in [0.717, 1.165) is 17.1 Å². The number of benzene rings is 2. The molecule has 0 amide bonds. The quantitative estimate of drug-likeness (QED) is 0.295. The van der Waals surface area contributed by atoms with Gasteiger partial charge in [0.25, 0.3) is 11.1 Å². The highest BCUT2D eigenvalue weighted by atomic mass is 35.5. The Labute approximate surface area is 225 Å². The molecule has 9 nitrogen and oxygen atoms in total. The number of hydrogen-bond acceptors (Lipinski definition) is 7. The van der Waals surface area contributed by atoms with E-state index in [0.29, 0.717) is 17.3 Å². The van der Waals surface area contributed by atoms with Gasteiger partial charge in [-0.2, -0.15) is 10.2 Å². The Kier molecular flexibility index (Phi) is 9.32. The van der Waals surface area contributed by atoms with Crippen LogP contribution in [-0.2, 0) is 14.1 Å². The monoisotopic (exact) mass is 541 g/mol. The van der Waals surface area contributed by atoms with E-state index in [9.17, 15) is 9.59 Å². The maximum absolute atomic E-state index is 11.6. The second-order valence-corrected chi connectivity index (χ2v) is 9.20. The summed E-state index contributed by atoms with van der Waals surface area (Å²) in [6.07, 6.45) is 1.52. The van der Waals surface area contributed by atoms with Crippen molar-refractivity contribution in [2.75, 3.05) is 23.0 Å². The fourth-order valence-electron chi connectivity index (χ4n) is 3.18. The Morgan fingerprint density at radius 2 is 1.35 bits per heavy atom. The maximum Gasteiger partial charge on any atom is 0.287 e. The number of nitrogens with zero attached hydrogens (tertiary/aromatic N) is 4. The largest absolute Gasteiger partial charge is 0.388 e. The summed E-state index contributed by atoms with van der Waals surface area (Å²) in [6.45, 7) is 4.29. The molecule has 0 saturated heterocycles. The van der Waals surface area contributed by atoms with Crippen LogP contribution in [0.4, 0.5) is 28.4 Å². The molecule has 0 aliphatic carbocycles. The van der Waals surface area contributed by atoms with E-state index in [-0.39, 0.29) is 21.3 Å². The Bertz CT molecular complexity index is 1460. The summed E-state index contributed by atoms with van der Waals surface area (Å²) in [4.78, 5) is 23.1. The van der Waals surface area contributed by atoms with Crippen LogP contribution in [0.25, 0.3) is 0 Å². The topological polar surface area (TPSA) is 106 Å². The lowest BCUT2D eigenvalue weighted by Crippen LogP contribution is -2.20. The van der Waals surface area contributed by atoms with E-state index >= 15 is 0 Å². The van der Waals surface area contributed by atoms with Crippen LogP contribution >= 0.6 is 23.2 Å². The fraction of sp³-hybridized carbons (Fsp3) is 0.231. The standard InChI is InChI=1S/C14H16ClN3O.C12H13ClN4O/c1-9(2)10-4-6-11(7-5-10)16-12-8-13(19)18(3)17-14(12)15;1-14-8-3-5-9(6-4-8)16-10-7-15-17(2)12(18)11(10)13/h4-9,16H,1-3H3;3-7,14,16H,1-2H3. The van der Waals surface area contributed by atoms with Gasteiger partial charge in [-0.05, 0) is 47.9 Å². The van der Waals surface area contributed by atoms with Gasteiger partial charge in [-0.3, -0.25) is 9.59 Å². The molecular weight excluding hydrogens is 513 g/mol. The van der Waals surface area contributed by atoms with Crippen LogP contribution < -0.4 is 27.1 Å². The first-order chi connectivity index (χ1) is 17.6. The number of nitrogens with one attached hydrogen (secondary N) is 3. The number of halogens is 2. The first-order valence-corrected chi connectivity index (χ1v) is 12.2. The molecule has 37 heavy (non-hydrogen) atoms. The van der Waals surface area contributed by atoms with Crippen molar-refractivity contribution in [3.63, 3.8) is 0 Å². The van der Waals surface area contributed by atoms with Crippen molar-refractivity contribution in [2.45, 2.75) is 19.8 Å². The van der Waals surface area contributed by atoms with Crippen LogP contribution in [0.3, 0.4) is 0 Å². The molecule has 2 heterocycles. The number of hydrogen-bond donors (Lipinski definition) is 3. The van der Waals surface area contributed by atoms with E-state index in [1.54, 1.807) is 14.1 Å². The van der Waals surface area contributed by atoms with Gasteiger partial charge in [-0.25, -0.2) is 9.36 Å². The minimum absolute atomic E-state index is 0.130. The first-order valence-electron chi connectivity index (χ1n) is 11.5. The fourth-order valence-corrected chi connectivity index (χ4v) is 3.61. The summed E-state index contributed by atoms with van der Waals surface area (Å²) in [7, 11) is 4.97. The third-order valence-electron chi connectivity index (χ3n) is 5.43. The molecule has 0 bridgehead atoms. The number of rotatable bonds is 6. The molecule has 11 heteroatoms. The third-order valence-corrected chi connectivity index (χ3v) is 6.08. The van der Waals surface area contributed by atoms with Crippen molar-refractivity contribution in [3.05, 3.63) is 97.2 Å². The van der Waals surface area contributed by atoms with E-state index in [1.165, 1.54) is 27.2 Å². The van der Waals surface area contributed by atoms with E-state index in [4.69, 9.17) is 23.2 Å². The molecule has 0 spiro atoms. The molecule has 0 atom stereocenters. The summed E-state index contributed by atoms with van der Waals surface area (Å²) >= 11 is 12.0. The molecule has 0 saturated carbocycles. The normalized spacial score (nSPS) is 10.5. The minimum atomic E-state index is -0.325. The Morgan fingerprint density at radius 3 is 1.92 bits per heavy atom. The lowest BCUT2D eigenvalue weighted by molar-refractivity contribution is 0.709. The van der Waals surface area contributed by atoms with Gasteiger partial charge >= 0.3 is 0 Å². The Hall–Kier alpha value is -3.82. The number of aromatic nitrogens is 4. The van der Waals surface area contributed by atoms with Crippen LogP contribution in [0.15, 0.2) is 70.4 Å². The summed E-state index contributed by atoms with van der Waals surface area (Å²) in [6, 6.07) is 17.1. The SMILES string of the molecule is CC(C)c1ccc(Nc2cc(=O)n(C)nc2Cl)cc1.CNc1ccc(Nc2cnn(C)c(=O)c2Cl)cc1. The molecule has 194 valence electrons. The molecule has 0 aliphatic heterocycles. The van der Waals surface area contributed by atoms with Gasteiger partial charge in [0.05, 0.1) is 17.6 Å². The lowest BCUT2D eigenvalue weighted by Gasteiger charge is -2.10. The lowest BCUT2D eigenvalue weighted by atomic mass is 10.0.